The Bertz CT molecular complexity index is 1060. The van der Waals surface area contributed by atoms with Gasteiger partial charge in [-0.2, -0.15) is 0 Å². The van der Waals surface area contributed by atoms with Crippen LogP contribution in [-0.2, 0) is 14.3 Å². The van der Waals surface area contributed by atoms with Gasteiger partial charge in [0.1, 0.15) is 12.6 Å². The van der Waals surface area contributed by atoms with E-state index in [-0.39, 0.29) is 30.8 Å². The van der Waals surface area contributed by atoms with Gasteiger partial charge in [-0.05, 0) is 46.4 Å². The lowest BCUT2D eigenvalue weighted by Gasteiger charge is -2.36. The van der Waals surface area contributed by atoms with E-state index in [0.717, 1.165) is 41.5 Å². The van der Waals surface area contributed by atoms with E-state index in [2.05, 4.69) is 34.9 Å². The van der Waals surface area contributed by atoms with Gasteiger partial charge in [0.2, 0.25) is 5.91 Å². The molecular formula is C28H34N2O5. The van der Waals surface area contributed by atoms with Gasteiger partial charge in [-0.15, -0.1) is 0 Å². The fourth-order valence-corrected chi connectivity index (χ4v) is 5.07. The molecule has 2 atom stereocenters. The summed E-state index contributed by atoms with van der Waals surface area (Å²) >= 11 is 0. The zero-order valence-corrected chi connectivity index (χ0v) is 20.5. The molecule has 2 aliphatic carbocycles. The highest BCUT2D eigenvalue weighted by Crippen LogP contribution is 2.44. The Morgan fingerprint density at radius 3 is 2.03 bits per heavy atom. The molecule has 186 valence electrons. The Morgan fingerprint density at radius 2 is 1.54 bits per heavy atom. The minimum atomic E-state index is -0.945. The first-order chi connectivity index (χ1) is 16.6. The number of nitrogens with one attached hydrogen (secondary N) is 2. The highest BCUT2D eigenvalue weighted by molar-refractivity contribution is 5.87. The zero-order chi connectivity index (χ0) is 25.2. The van der Waals surface area contributed by atoms with Gasteiger partial charge in [-0.25, -0.2) is 4.79 Å². The van der Waals surface area contributed by atoms with Crippen molar-refractivity contribution in [2.75, 3.05) is 6.61 Å². The molecule has 7 nitrogen and oxygen atoms in total. The topological polar surface area (TPSA) is 105 Å². The standard InChI is InChI=1S/C28H34N2O5/c1-28(2,3)25(26(33)29-23(15-24(31)32)17-9-8-10-17)30-27(34)35-16-22-20-13-6-4-11-18(20)19-12-5-7-14-21(19)22/h4-7,11-14,17,22-23,25H,8-10,15-16H2,1-3H3,(H,29,33)(H,30,34)(H,31,32). The monoisotopic (exact) mass is 478 g/mol. The Labute approximate surface area is 206 Å². The van der Waals surface area contributed by atoms with Crippen molar-refractivity contribution in [3.05, 3.63) is 59.7 Å². The fraction of sp³-hybridized carbons (Fsp3) is 0.464. The van der Waals surface area contributed by atoms with Crippen molar-refractivity contribution in [2.45, 2.75) is 64.5 Å². The van der Waals surface area contributed by atoms with Crippen LogP contribution in [0.15, 0.2) is 48.5 Å². The van der Waals surface area contributed by atoms with E-state index in [4.69, 9.17) is 4.74 Å². The van der Waals surface area contributed by atoms with E-state index in [0.29, 0.717) is 0 Å². The van der Waals surface area contributed by atoms with Crippen LogP contribution in [0.3, 0.4) is 0 Å². The van der Waals surface area contributed by atoms with Crippen LogP contribution in [0, 0.1) is 11.3 Å². The molecule has 7 heteroatoms. The molecule has 35 heavy (non-hydrogen) atoms. The highest BCUT2D eigenvalue weighted by Gasteiger charge is 2.37. The van der Waals surface area contributed by atoms with Crippen molar-refractivity contribution >= 4 is 18.0 Å². The predicted octanol–water partition coefficient (Wildman–Crippen LogP) is 4.70. The SMILES string of the molecule is CC(C)(C)C(NC(=O)OCC1c2ccccc2-c2ccccc21)C(=O)NC(CC(=O)O)C1CCC1. The van der Waals surface area contributed by atoms with Crippen LogP contribution in [0.2, 0.25) is 0 Å². The number of carbonyl (C=O) groups is 3. The molecule has 1 fully saturated rings. The van der Waals surface area contributed by atoms with Gasteiger partial charge in [-0.1, -0.05) is 75.7 Å². The second kappa shape index (κ2) is 10.1. The Balaban J connectivity index is 1.42. The number of hydrogen-bond acceptors (Lipinski definition) is 4. The molecule has 2 unspecified atom stereocenters. The summed E-state index contributed by atoms with van der Waals surface area (Å²) in [5, 5.41) is 14.9. The van der Waals surface area contributed by atoms with Crippen LogP contribution in [0.4, 0.5) is 4.79 Å². The number of alkyl carbamates (subject to hydrolysis) is 1. The Hall–Kier alpha value is -3.35. The average Bonchev–Trinajstić information content (AvgIpc) is 3.07. The summed E-state index contributed by atoms with van der Waals surface area (Å²) in [6.07, 6.45) is 2.05. The summed E-state index contributed by atoms with van der Waals surface area (Å²) in [7, 11) is 0. The third-order valence-corrected chi connectivity index (χ3v) is 7.18. The largest absolute Gasteiger partial charge is 0.481 e. The molecule has 1 saturated carbocycles. The normalized spacial score (nSPS) is 16.9. The van der Waals surface area contributed by atoms with E-state index in [9.17, 15) is 19.5 Å². The van der Waals surface area contributed by atoms with Gasteiger partial charge in [-0.3, -0.25) is 9.59 Å². The average molecular weight is 479 g/mol. The van der Waals surface area contributed by atoms with E-state index in [1.807, 2.05) is 45.0 Å². The maximum Gasteiger partial charge on any atom is 0.407 e. The number of carboxylic acids is 1. The van der Waals surface area contributed by atoms with Crippen LogP contribution in [0.25, 0.3) is 11.1 Å². The zero-order valence-electron chi connectivity index (χ0n) is 20.5. The van der Waals surface area contributed by atoms with Crippen molar-refractivity contribution in [3.8, 4) is 11.1 Å². The van der Waals surface area contributed by atoms with Gasteiger partial charge in [0.25, 0.3) is 0 Å². The molecule has 0 bridgehead atoms. The van der Waals surface area contributed by atoms with E-state index in [1.165, 1.54) is 0 Å². The van der Waals surface area contributed by atoms with Crippen LogP contribution >= 0.6 is 0 Å². The molecule has 2 aromatic carbocycles. The Morgan fingerprint density at radius 1 is 0.971 bits per heavy atom. The highest BCUT2D eigenvalue weighted by atomic mass is 16.5. The molecule has 2 amide bonds. The maximum absolute atomic E-state index is 13.2. The second-order valence-electron chi connectivity index (χ2n) is 10.7. The van der Waals surface area contributed by atoms with Crippen LogP contribution < -0.4 is 10.6 Å². The lowest BCUT2D eigenvalue weighted by molar-refractivity contribution is -0.138. The summed E-state index contributed by atoms with van der Waals surface area (Å²) in [5.74, 6) is -1.25. The van der Waals surface area contributed by atoms with Gasteiger partial charge in [0.05, 0.1) is 6.42 Å². The minimum absolute atomic E-state index is 0.0753. The second-order valence-corrected chi connectivity index (χ2v) is 10.7. The molecule has 2 aliphatic rings. The molecular weight excluding hydrogens is 444 g/mol. The third-order valence-electron chi connectivity index (χ3n) is 7.18. The first-order valence-corrected chi connectivity index (χ1v) is 12.3. The van der Waals surface area contributed by atoms with Crippen molar-refractivity contribution in [1.82, 2.24) is 10.6 Å². The lowest BCUT2D eigenvalue weighted by Crippen LogP contribution is -2.57. The third kappa shape index (κ3) is 5.50. The van der Waals surface area contributed by atoms with Crippen molar-refractivity contribution in [1.29, 1.82) is 0 Å². The molecule has 0 heterocycles. The number of ether oxygens (including phenoxy) is 1. The molecule has 0 radical (unpaired) electrons. The Kier molecular flexibility index (Phi) is 7.15. The van der Waals surface area contributed by atoms with Gasteiger partial charge in [0, 0.05) is 12.0 Å². The number of carbonyl (C=O) groups excluding carboxylic acids is 2. The van der Waals surface area contributed by atoms with Gasteiger partial charge < -0.3 is 20.5 Å². The summed E-state index contributed by atoms with van der Waals surface area (Å²) in [5.41, 5.74) is 3.92. The number of rotatable bonds is 8. The summed E-state index contributed by atoms with van der Waals surface area (Å²) in [6, 6.07) is 14.9. The van der Waals surface area contributed by atoms with Gasteiger partial charge >= 0.3 is 12.1 Å². The quantitative estimate of drug-likeness (QED) is 0.510. The van der Waals surface area contributed by atoms with Crippen LogP contribution in [0.1, 0.15) is 63.5 Å². The summed E-state index contributed by atoms with van der Waals surface area (Å²) < 4.78 is 5.64. The minimum Gasteiger partial charge on any atom is -0.481 e. The number of hydrogen-bond donors (Lipinski definition) is 3. The summed E-state index contributed by atoms with van der Waals surface area (Å²) in [6.45, 7) is 5.73. The first kappa shape index (κ1) is 24.8. The van der Waals surface area contributed by atoms with Crippen molar-refractivity contribution in [3.63, 3.8) is 0 Å². The first-order valence-electron chi connectivity index (χ1n) is 12.3. The van der Waals surface area contributed by atoms with Crippen LogP contribution in [-0.4, -0.2) is 41.8 Å². The fourth-order valence-electron chi connectivity index (χ4n) is 5.07. The number of fused-ring (bicyclic) bond motifs is 3. The molecule has 4 rings (SSSR count). The molecule has 0 spiro atoms. The van der Waals surface area contributed by atoms with E-state index < -0.39 is 29.6 Å². The number of carboxylic acid groups (broad SMARTS) is 1. The molecule has 0 aliphatic heterocycles. The van der Waals surface area contributed by atoms with Gasteiger partial charge in [0.15, 0.2) is 0 Å². The van der Waals surface area contributed by atoms with E-state index >= 15 is 0 Å². The molecule has 0 saturated heterocycles. The number of amides is 2. The summed E-state index contributed by atoms with van der Waals surface area (Å²) in [4.78, 5) is 37.3. The van der Waals surface area contributed by atoms with E-state index in [1.54, 1.807) is 0 Å². The number of benzene rings is 2. The maximum atomic E-state index is 13.2. The molecule has 0 aromatic heterocycles. The smallest absolute Gasteiger partial charge is 0.407 e. The predicted molar refractivity (Wildman–Crippen MR) is 133 cm³/mol. The van der Waals surface area contributed by atoms with Crippen LogP contribution in [0.5, 0.6) is 0 Å². The molecule has 3 N–H and O–H groups in total. The van der Waals surface area contributed by atoms with Crippen molar-refractivity contribution < 1.29 is 24.2 Å². The van der Waals surface area contributed by atoms with Crippen molar-refractivity contribution in [2.24, 2.45) is 11.3 Å². The molecule has 2 aromatic rings. The lowest BCUT2D eigenvalue weighted by atomic mass is 9.78. The number of aliphatic carboxylic acids is 1.